The van der Waals surface area contributed by atoms with Crippen LogP contribution in [0.3, 0.4) is 0 Å². The van der Waals surface area contributed by atoms with Crippen LogP contribution in [0.5, 0.6) is 0 Å². The Morgan fingerprint density at radius 3 is 1.77 bits per heavy atom. The third kappa shape index (κ3) is 7.72. The average Bonchev–Trinajstić information content (AvgIpc) is 2.18. The third-order valence-electron chi connectivity index (χ3n) is 1.93. The Morgan fingerprint density at radius 1 is 1.38 bits per heavy atom. The number of carbonyl (C=O) groups excluding carboxylic acids is 1. The largest absolute Gasteiger partial charge is 0.305 e. The van der Waals surface area contributed by atoms with Crippen LogP contribution in [0.4, 0.5) is 0 Å². The topological polar surface area (TPSA) is 29.1 Å². The first-order valence-electron chi connectivity index (χ1n) is 4.90. The fraction of sp³-hybridized carbons (Fsp3) is 0.727. The first-order valence-corrected chi connectivity index (χ1v) is 4.90. The summed E-state index contributed by atoms with van der Waals surface area (Å²) >= 11 is 0. The molecule has 0 bridgehead atoms. The van der Waals surface area contributed by atoms with Gasteiger partial charge in [0.2, 0.25) is 0 Å². The Kier molecular flexibility index (Phi) is 10.8. The molecule has 0 aliphatic carbocycles. The van der Waals surface area contributed by atoms with E-state index in [0.29, 0.717) is 0 Å². The van der Waals surface area contributed by atoms with Gasteiger partial charge in [0.05, 0.1) is 5.54 Å². The van der Waals surface area contributed by atoms with Crippen molar-refractivity contribution < 1.29 is 4.79 Å². The molecule has 1 aliphatic heterocycles. The molecule has 1 heterocycles. The molecule has 1 unspecified atom stereocenters. The summed E-state index contributed by atoms with van der Waals surface area (Å²) in [5.41, 5.74) is -0.167. The monoisotopic (exact) mass is 185 g/mol. The van der Waals surface area contributed by atoms with Crippen LogP contribution in [0.2, 0.25) is 0 Å². The molecule has 1 saturated heterocycles. The summed E-state index contributed by atoms with van der Waals surface area (Å²) in [6.45, 7) is 13.3. The van der Waals surface area contributed by atoms with Crippen LogP contribution in [-0.4, -0.2) is 18.4 Å². The van der Waals surface area contributed by atoms with Crippen LogP contribution in [0.1, 0.15) is 40.0 Å². The lowest BCUT2D eigenvalue weighted by Gasteiger charge is -2.34. The lowest BCUT2D eigenvalue weighted by atomic mass is 9.93. The number of aldehydes is 1. The molecule has 1 fully saturated rings. The Bertz CT molecular complexity index is 117. The minimum absolute atomic E-state index is 0.167. The van der Waals surface area contributed by atoms with Crippen molar-refractivity contribution in [3.8, 4) is 0 Å². The van der Waals surface area contributed by atoms with Crippen molar-refractivity contribution in [1.29, 1.82) is 0 Å². The molecule has 0 spiro atoms. The second kappa shape index (κ2) is 9.46. The van der Waals surface area contributed by atoms with Crippen molar-refractivity contribution in [2.24, 2.45) is 0 Å². The zero-order chi connectivity index (χ0) is 10.7. The van der Waals surface area contributed by atoms with Gasteiger partial charge < -0.3 is 10.1 Å². The molecule has 1 atom stereocenters. The summed E-state index contributed by atoms with van der Waals surface area (Å²) in [6, 6.07) is 0. The lowest BCUT2D eigenvalue weighted by Crippen LogP contribution is -2.55. The Morgan fingerprint density at radius 2 is 1.77 bits per heavy atom. The molecule has 0 aromatic carbocycles. The summed E-state index contributed by atoms with van der Waals surface area (Å²) in [5.74, 6) is 0. The quantitative estimate of drug-likeness (QED) is 0.529. The number of unbranched alkanes of at least 4 members (excludes halogenated alkanes) is 1. The summed E-state index contributed by atoms with van der Waals surface area (Å²) in [5, 5.41) is 3.00. The van der Waals surface area contributed by atoms with Gasteiger partial charge in [-0.3, -0.25) is 0 Å². The second-order valence-corrected chi connectivity index (χ2v) is 3.21. The van der Waals surface area contributed by atoms with Gasteiger partial charge in [-0.2, -0.15) is 0 Å². The highest BCUT2D eigenvalue weighted by Crippen LogP contribution is 2.12. The normalized spacial score (nSPS) is 23.9. The molecule has 0 saturated carbocycles. The Labute approximate surface area is 82.4 Å². The molecule has 13 heavy (non-hydrogen) atoms. The van der Waals surface area contributed by atoms with E-state index in [4.69, 9.17) is 0 Å². The summed E-state index contributed by atoms with van der Waals surface area (Å²) in [4.78, 5) is 10.0. The minimum atomic E-state index is -0.167. The van der Waals surface area contributed by atoms with E-state index in [2.05, 4.69) is 32.3 Å². The number of rotatable bonds is 2. The van der Waals surface area contributed by atoms with E-state index >= 15 is 0 Å². The second-order valence-electron chi connectivity index (χ2n) is 3.21. The zero-order valence-corrected chi connectivity index (χ0v) is 9.23. The van der Waals surface area contributed by atoms with E-state index in [1.165, 1.54) is 12.8 Å². The highest BCUT2D eigenvalue weighted by Gasteiger charge is 2.29. The molecule has 0 aromatic heterocycles. The number of hydrogen-bond donors (Lipinski definition) is 1. The van der Waals surface area contributed by atoms with E-state index in [1.54, 1.807) is 0 Å². The van der Waals surface area contributed by atoms with Crippen LogP contribution in [-0.2, 0) is 4.79 Å². The highest BCUT2D eigenvalue weighted by molar-refractivity contribution is 5.64. The maximum absolute atomic E-state index is 10.0. The van der Waals surface area contributed by atoms with Gasteiger partial charge in [0, 0.05) is 0 Å². The molecule has 0 radical (unpaired) electrons. The third-order valence-corrected chi connectivity index (χ3v) is 1.93. The number of nitrogens with one attached hydrogen (secondary N) is 1. The SMILES string of the molecule is C=C.CC1(C=O)CCN1.CCCC. The van der Waals surface area contributed by atoms with Crippen molar-refractivity contribution >= 4 is 6.29 Å². The van der Waals surface area contributed by atoms with Gasteiger partial charge in [-0.25, -0.2) is 0 Å². The zero-order valence-electron chi connectivity index (χ0n) is 9.23. The smallest absolute Gasteiger partial charge is 0.139 e. The molecule has 2 nitrogen and oxygen atoms in total. The molecule has 0 amide bonds. The summed E-state index contributed by atoms with van der Waals surface area (Å²) < 4.78 is 0. The van der Waals surface area contributed by atoms with Crippen molar-refractivity contribution in [2.75, 3.05) is 6.54 Å². The van der Waals surface area contributed by atoms with Crippen LogP contribution in [0.15, 0.2) is 13.2 Å². The van der Waals surface area contributed by atoms with Crippen molar-refractivity contribution in [1.82, 2.24) is 5.32 Å². The van der Waals surface area contributed by atoms with Crippen LogP contribution < -0.4 is 5.32 Å². The maximum atomic E-state index is 10.0. The van der Waals surface area contributed by atoms with E-state index in [-0.39, 0.29) is 5.54 Å². The molecule has 1 N–H and O–H groups in total. The predicted molar refractivity (Wildman–Crippen MR) is 58.9 cm³/mol. The van der Waals surface area contributed by atoms with Gasteiger partial charge in [0.1, 0.15) is 6.29 Å². The molecule has 78 valence electrons. The fourth-order valence-electron chi connectivity index (χ4n) is 0.620. The standard InChI is InChI=1S/C5H9NO.C4H10.C2H4/c1-5(4-7)2-3-6-5;1-3-4-2;1-2/h4,6H,2-3H2,1H3;3-4H2,1-2H3;1-2H2. The molecular formula is C11H23NO. The van der Waals surface area contributed by atoms with Crippen molar-refractivity contribution in [3.63, 3.8) is 0 Å². The Balaban J connectivity index is 0. The molecule has 2 heteroatoms. The predicted octanol–water partition coefficient (Wildman–Crippen LogP) is 2.55. The van der Waals surface area contributed by atoms with Crippen LogP contribution >= 0.6 is 0 Å². The summed E-state index contributed by atoms with van der Waals surface area (Å²) in [6.07, 6.45) is 4.60. The maximum Gasteiger partial charge on any atom is 0.139 e. The molecular weight excluding hydrogens is 162 g/mol. The fourth-order valence-corrected chi connectivity index (χ4v) is 0.620. The van der Waals surface area contributed by atoms with Gasteiger partial charge in [-0.15, -0.1) is 13.2 Å². The van der Waals surface area contributed by atoms with Gasteiger partial charge in [0.15, 0.2) is 0 Å². The highest BCUT2D eigenvalue weighted by atomic mass is 16.1. The first kappa shape index (κ1) is 14.9. The minimum Gasteiger partial charge on any atom is -0.305 e. The van der Waals surface area contributed by atoms with Gasteiger partial charge in [-0.1, -0.05) is 26.7 Å². The molecule has 1 rings (SSSR count). The van der Waals surface area contributed by atoms with Crippen molar-refractivity contribution in [2.45, 2.75) is 45.6 Å². The molecule has 0 aromatic rings. The first-order chi connectivity index (χ1) is 6.18. The Hall–Kier alpha value is -0.630. The van der Waals surface area contributed by atoms with Gasteiger partial charge >= 0.3 is 0 Å². The van der Waals surface area contributed by atoms with Crippen molar-refractivity contribution in [3.05, 3.63) is 13.2 Å². The van der Waals surface area contributed by atoms with Crippen LogP contribution in [0, 0.1) is 0 Å². The average molecular weight is 185 g/mol. The van der Waals surface area contributed by atoms with Crippen LogP contribution in [0.25, 0.3) is 0 Å². The number of hydrogen-bond acceptors (Lipinski definition) is 2. The lowest BCUT2D eigenvalue weighted by molar-refractivity contribution is -0.115. The van der Waals surface area contributed by atoms with E-state index in [0.717, 1.165) is 19.3 Å². The van der Waals surface area contributed by atoms with Gasteiger partial charge in [-0.05, 0) is 19.9 Å². The van der Waals surface area contributed by atoms with E-state index in [1.807, 2.05) is 6.92 Å². The van der Waals surface area contributed by atoms with E-state index < -0.39 is 0 Å². The number of carbonyl (C=O) groups is 1. The molecule has 1 aliphatic rings. The van der Waals surface area contributed by atoms with Gasteiger partial charge in [0.25, 0.3) is 0 Å². The summed E-state index contributed by atoms with van der Waals surface area (Å²) in [7, 11) is 0. The van der Waals surface area contributed by atoms with E-state index in [9.17, 15) is 4.79 Å².